The van der Waals surface area contributed by atoms with Crippen LogP contribution in [0.1, 0.15) is 15.9 Å². The molecule has 3 rings (SSSR count). The van der Waals surface area contributed by atoms with Gasteiger partial charge >= 0.3 is 6.61 Å². The molecule has 2 aromatic carbocycles. The van der Waals surface area contributed by atoms with Crippen LogP contribution in [0.2, 0.25) is 0 Å². The Morgan fingerprint density at radius 3 is 2.34 bits per heavy atom. The number of hydrogen-bond donors (Lipinski definition) is 0. The summed E-state index contributed by atoms with van der Waals surface area (Å²) >= 11 is 3.10. The van der Waals surface area contributed by atoms with Gasteiger partial charge in [-0.05, 0) is 45.8 Å². The first-order chi connectivity index (χ1) is 13.8. The van der Waals surface area contributed by atoms with Crippen LogP contribution in [0.5, 0.6) is 5.75 Å². The monoisotopic (exact) mass is 470 g/mol. The maximum absolute atomic E-state index is 13.3. The lowest BCUT2D eigenvalue weighted by molar-refractivity contribution is -0.131. The summed E-state index contributed by atoms with van der Waals surface area (Å²) in [5.41, 5.74) is 0.739. The predicted octanol–water partition coefficient (Wildman–Crippen LogP) is 3.72. The molecule has 1 fully saturated rings. The van der Waals surface area contributed by atoms with Crippen LogP contribution in [0.15, 0.2) is 46.9 Å². The van der Waals surface area contributed by atoms with E-state index in [-0.39, 0.29) is 36.7 Å². The minimum atomic E-state index is -3.02. The number of nitrogens with zero attached hydrogens (tertiary/aromatic N) is 2. The SMILES string of the molecule is O=C(Cc1ccc(F)c(Br)c1)N1CCN(C(=O)c2ccccc2OC(F)F)CC1. The van der Waals surface area contributed by atoms with E-state index >= 15 is 0 Å². The molecule has 0 atom stereocenters. The second-order valence-electron chi connectivity index (χ2n) is 6.47. The topological polar surface area (TPSA) is 49.9 Å². The van der Waals surface area contributed by atoms with E-state index in [1.165, 1.54) is 29.2 Å². The minimum Gasteiger partial charge on any atom is -0.434 e. The second-order valence-corrected chi connectivity index (χ2v) is 7.33. The molecule has 2 aromatic rings. The lowest BCUT2D eigenvalue weighted by atomic mass is 10.1. The zero-order valence-corrected chi connectivity index (χ0v) is 16.9. The third-order valence-corrected chi connectivity index (χ3v) is 5.20. The number of piperazine rings is 1. The number of halogens is 4. The Labute approximate surface area is 174 Å². The van der Waals surface area contributed by atoms with Crippen molar-refractivity contribution in [3.05, 3.63) is 63.9 Å². The van der Waals surface area contributed by atoms with Gasteiger partial charge in [-0.15, -0.1) is 0 Å². The number of alkyl halides is 2. The molecule has 0 spiro atoms. The quantitative estimate of drug-likeness (QED) is 0.669. The summed E-state index contributed by atoms with van der Waals surface area (Å²) in [6.45, 7) is -1.82. The first-order valence-electron chi connectivity index (χ1n) is 8.90. The average Bonchev–Trinajstić information content (AvgIpc) is 2.70. The highest BCUT2D eigenvalue weighted by atomic mass is 79.9. The summed E-state index contributed by atoms with van der Waals surface area (Å²) in [5.74, 6) is -1.12. The highest BCUT2D eigenvalue weighted by Crippen LogP contribution is 2.23. The molecule has 0 unspecified atom stereocenters. The zero-order chi connectivity index (χ0) is 21.0. The van der Waals surface area contributed by atoms with E-state index in [0.717, 1.165) is 0 Å². The van der Waals surface area contributed by atoms with Crippen molar-refractivity contribution < 1.29 is 27.5 Å². The highest BCUT2D eigenvalue weighted by Gasteiger charge is 2.27. The maximum atomic E-state index is 13.3. The number of para-hydroxylation sites is 1. The van der Waals surface area contributed by atoms with Crippen molar-refractivity contribution in [2.75, 3.05) is 26.2 Å². The average molecular weight is 471 g/mol. The van der Waals surface area contributed by atoms with E-state index in [1.54, 1.807) is 23.1 Å². The smallest absolute Gasteiger partial charge is 0.387 e. The first-order valence-corrected chi connectivity index (χ1v) is 9.69. The van der Waals surface area contributed by atoms with Crippen LogP contribution in [0.25, 0.3) is 0 Å². The third kappa shape index (κ3) is 5.29. The van der Waals surface area contributed by atoms with Crippen LogP contribution in [0.3, 0.4) is 0 Å². The van der Waals surface area contributed by atoms with E-state index in [9.17, 15) is 22.8 Å². The van der Waals surface area contributed by atoms with Gasteiger partial charge < -0.3 is 14.5 Å². The van der Waals surface area contributed by atoms with E-state index in [0.29, 0.717) is 23.1 Å². The summed E-state index contributed by atoms with van der Waals surface area (Å²) < 4.78 is 43.2. The van der Waals surface area contributed by atoms with Gasteiger partial charge in [0.1, 0.15) is 11.6 Å². The molecule has 154 valence electrons. The van der Waals surface area contributed by atoms with Crippen molar-refractivity contribution in [3.8, 4) is 5.75 Å². The summed E-state index contributed by atoms with van der Waals surface area (Å²) in [7, 11) is 0. The molecule has 0 N–H and O–H groups in total. The molecule has 0 aromatic heterocycles. The number of ether oxygens (including phenoxy) is 1. The standard InChI is InChI=1S/C20H18BrF3N2O3/c21-15-11-13(5-6-16(15)22)12-18(27)25-7-9-26(10-8-25)19(28)14-3-1-2-4-17(14)29-20(23)24/h1-6,11,20H,7-10,12H2. The number of rotatable bonds is 5. The summed E-state index contributed by atoms with van der Waals surface area (Å²) in [5, 5.41) is 0. The van der Waals surface area contributed by atoms with Crippen molar-refractivity contribution in [2.45, 2.75) is 13.0 Å². The van der Waals surface area contributed by atoms with Gasteiger partial charge in [0.05, 0.1) is 16.5 Å². The van der Waals surface area contributed by atoms with Gasteiger partial charge in [-0.25, -0.2) is 4.39 Å². The van der Waals surface area contributed by atoms with Crippen LogP contribution in [-0.2, 0) is 11.2 Å². The summed E-state index contributed by atoms with van der Waals surface area (Å²) in [4.78, 5) is 28.3. The van der Waals surface area contributed by atoms with E-state index in [1.807, 2.05) is 0 Å². The van der Waals surface area contributed by atoms with Gasteiger partial charge in [-0.2, -0.15) is 8.78 Å². The molecule has 1 aliphatic rings. The number of carbonyl (C=O) groups is 2. The molecule has 0 radical (unpaired) electrons. The molecule has 9 heteroatoms. The van der Waals surface area contributed by atoms with Crippen molar-refractivity contribution in [1.29, 1.82) is 0 Å². The molecule has 0 bridgehead atoms. The molecule has 2 amide bonds. The van der Waals surface area contributed by atoms with Crippen molar-refractivity contribution in [2.24, 2.45) is 0 Å². The molecule has 1 aliphatic heterocycles. The maximum Gasteiger partial charge on any atom is 0.387 e. The van der Waals surface area contributed by atoms with Gasteiger partial charge in [0.15, 0.2) is 0 Å². The summed E-state index contributed by atoms with van der Waals surface area (Å²) in [6.07, 6.45) is 0.123. The Morgan fingerprint density at radius 2 is 1.69 bits per heavy atom. The van der Waals surface area contributed by atoms with Crippen LogP contribution in [0, 0.1) is 5.82 Å². The van der Waals surface area contributed by atoms with Gasteiger partial charge in [-0.3, -0.25) is 9.59 Å². The van der Waals surface area contributed by atoms with E-state index in [2.05, 4.69) is 20.7 Å². The number of amides is 2. The number of hydrogen-bond acceptors (Lipinski definition) is 3. The largest absolute Gasteiger partial charge is 0.434 e. The fraction of sp³-hybridized carbons (Fsp3) is 0.300. The molecule has 29 heavy (non-hydrogen) atoms. The van der Waals surface area contributed by atoms with Crippen LogP contribution in [0.4, 0.5) is 13.2 Å². The van der Waals surface area contributed by atoms with E-state index in [4.69, 9.17) is 0 Å². The Morgan fingerprint density at radius 1 is 1.03 bits per heavy atom. The minimum absolute atomic E-state index is 0.0590. The Kier molecular flexibility index (Phi) is 6.79. The summed E-state index contributed by atoms with van der Waals surface area (Å²) in [6, 6.07) is 10.3. The second kappa shape index (κ2) is 9.30. The molecule has 1 heterocycles. The van der Waals surface area contributed by atoms with Gasteiger partial charge in [0, 0.05) is 26.2 Å². The molecule has 0 aliphatic carbocycles. The number of benzene rings is 2. The van der Waals surface area contributed by atoms with Gasteiger partial charge in [0.25, 0.3) is 5.91 Å². The Hall–Kier alpha value is -2.55. The number of carbonyl (C=O) groups excluding carboxylic acids is 2. The lowest BCUT2D eigenvalue weighted by Gasteiger charge is -2.35. The Bertz CT molecular complexity index is 902. The lowest BCUT2D eigenvalue weighted by Crippen LogP contribution is -2.51. The molecule has 5 nitrogen and oxygen atoms in total. The highest BCUT2D eigenvalue weighted by molar-refractivity contribution is 9.10. The fourth-order valence-corrected chi connectivity index (χ4v) is 3.53. The van der Waals surface area contributed by atoms with Crippen LogP contribution in [-0.4, -0.2) is 54.4 Å². The normalized spacial score (nSPS) is 14.2. The van der Waals surface area contributed by atoms with Crippen LogP contribution < -0.4 is 4.74 Å². The molecular formula is C20H18BrF3N2O3. The van der Waals surface area contributed by atoms with E-state index < -0.39 is 18.3 Å². The fourth-order valence-electron chi connectivity index (χ4n) is 3.11. The predicted molar refractivity (Wildman–Crippen MR) is 103 cm³/mol. The Balaban J connectivity index is 1.59. The van der Waals surface area contributed by atoms with Crippen molar-refractivity contribution in [1.82, 2.24) is 9.80 Å². The zero-order valence-electron chi connectivity index (χ0n) is 15.3. The molecule has 0 saturated carbocycles. The van der Waals surface area contributed by atoms with Crippen molar-refractivity contribution >= 4 is 27.7 Å². The van der Waals surface area contributed by atoms with Gasteiger partial charge in [-0.1, -0.05) is 18.2 Å². The van der Waals surface area contributed by atoms with Crippen molar-refractivity contribution in [3.63, 3.8) is 0 Å². The third-order valence-electron chi connectivity index (χ3n) is 4.59. The molecular weight excluding hydrogens is 453 g/mol. The van der Waals surface area contributed by atoms with Gasteiger partial charge in [0.2, 0.25) is 5.91 Å². The van der Waals surface area contributed by atoms with Crippen LogP contribution >= 0.6 is 15.9 Å². The first kappa shape index (κ1) is 21.2. The molecule has 1 saturated heterocycles.